The number of benzene rings is 3. The highest BCUT2D eigenvalue weighted by molar-refractivity contribution is 6.07. The number of aromatic nitrogens is 4. The highest BCUT2D eigenvalue weighted by Gasteiger charge is 2.42. The number of fused-ring (bicyclic) bond motifs is 6. The molecule has 3 N–H and O–H groups in total. The van der Waals surface area contributed by atoms with Gasteiger partial charge in [-0.2, -0.15) is 8.78 Å². The number of ether oxygens (including phenoxy) is 4. The van der Waals surface area contributed by atoms with Crippen molar-refractivity contribution in [3.63, 3.8) is 0 Å². The van der Waals surface area contributed by atoms with Gasteiger partial charge in [-0.05, 0) is 71.0 Å². The maximum atomic E-state index is 14.0. The van der Waals surface area contributed by atoms with Crippen molar-refractivity contribution < 1.29 is 42.1 Å². The third-order valence-corrected chi connectivity index (χ3v) is 12.9. The number of aromatic amines is 2. The molecule has 5 aromatic rings. The molecule has 2 saturated heterocycles. The molecule has 3 amide bonds. The van der Waals surface area contributed by atoms with Gasteiger partial charge in [-0.1, -0.05) is 52.8 Å². The smallest absolute Gasteiger partial charge is 0.407 e. The van der Waals surface area contributed by atoms with Crippen molar-refractivity contribution in [2.45, 2.75) is 78.8 Å². The summed E-state index contributed by atoms with van der Waals surface area (Å²) >= 11 is 0. The van der Waals surface area contributed by atoms with Crippen LogP contribution < -0.4 is 10.1 Å². The van der Waals surface area contributed by atoms with Crippen molar-refractivity contribution in [1.82, 2.24) is 35.1 Å². The lowest BCUT2D eigenvalue weighted by Gasteiger charge is -2.30. The fourth-order valence-electron chi connectivity index (χ4n) is 9.25. The summed E-state index contributed by atoms with van der Waals surface area (Å²) in [6.07, 6.45) is 2.24. The lowest BCUT2D eigenvalue weighted by atomic mass is 9.92. The molecule has 62 heavy (non-hydrogen) atoms. The summed E-state index contributed by atoms with van der Waals surface area (Å²) in [4.78, 5) is 60.1. The molecular formula is C46H55F2N7O7. The van der Waals surface area contributed by atoms with Gasteiger partial charge in [0.2, 0.25) is 11.8 Å². The van der Waals surface area contributed by atoms with E-state index in [0.717, 1.165) is 55.5 Å². The summed E-state index contributed by atoms with van der Waals surface area (Å²) in [5.74, 6) is 1.33. The number of hydrogen-bond donors (Lipinski definition) is 3. The number of carbonyl (C=O) groups excluding carboxylic acids is 3. The van der Waals surface area contributed by atoms with Crippen molar-refractivity contribution in [2.75, 3.05) is 40.5 Å². The predicted molar refractivity (Wildman–Crippen MR) is 228 cm³/mol. The van der Waals surface area contributed by atoms with Gasteiger partial charge in [-0.15, -0.1) is 0 Å². The fourth-order valence-corrected chi connectivity index (χ4v) is 9.25. The Hall–Kier alpha value is -5.61. The summed E-state index contributed by atoms with van der Waals surface area (Å²) in [5, 5.41) is 4.57. The number of imidazole rings is 2. The first kappa shape index (κ1) is 43.1. The third kappa shape index (κ3) is 8.33. The Morgan fingerprint density at radius 1 is 0.871 bits per heavy atom. The Morgan fingerprint density at radius 2 is 1.60 bits per heavy atom. The molecule has 3 aliphatic heterocycles. The number of amides is 3. The summed E-state index contributed by atoms with van der Waals surface area (Å²) in [6.45, 7) is 8.29. The van der Waals surface area contributed by atoms with Gasteiger partial charge in [-0.25, -0.2) is 14.8 Å². The highest BCUT2D eigenvalue weighted by Crippen LogP contribution is 2.44. The molecule has 8 rings (SSSR count). The van der Waals surface area contributed by atoms with Crippen molar-refractivity contribution in [2.24, 2.45) is 29.6 Å². The number of rotatable bonds is 13. The van der Waals surface area contributed by atoms with E-state index in [-0.39, 0.29) is 54.1 Å². The fraction of sp³-hybridized carbons (Fsp3) is 0.500. The van der Waals surface area contributed by atoms with Crippen molar-refractivity contribution in [3.05, 3.63) is 65.9 Å². The van der Waals surface area contributed by atoms with E-state index in [2.05, 4.69) is 38.2 Å². The zero-order valence-electron chi connectivity index (χ0n) is 36.2. The molecule has 0 bridgehead atoms. The molecule has 0 spiro atoms. The monoisotopic (exact) mass is 855 g/mol. The largest absolute Gasteiger partial charge is 0.488 e. The molecule has 2 aromatic heterocycles. The van der Waals surface area contributed by atoms with E-state index < -0.39 is 24.8 Å². The quantitative estimate of drug-likeness (QED) is 0.107. The molecule has 3 aromatic carbocycles. The Kier molecular flexibility index (Phi) is 12.2. The average Bonchev–Trinajstić information content (AvgIpc) is 4.08. The van der Waals surface area contributed by atoms with Crippen molar-refractivity contribution >= 4 is 39.7 Å². The van der Waals surface area contributed by atoms with Crippen LogP contribution in [0.5, 0.6) is 5.75 Å². The van der Waals surface area contributed by atoms with Gasteiger partial charge >= 0.3 is 12.7 Å². The molecule has 6 atom stereocenters. The number of H-pyrrole nitrogens is 2. The van der Waals surface area contributed by atoms with Gasteiger partial charge in [0.1, 0.15) is 30.0 Å². The van der Waals surface area contributed by atoms with E-state index in [1.165, 1.54) is 7.11 Å². The topological polar surface area (TPSA) is 164 Å². The number of methoxy groups -OCH3 is 2. The Bertz CT molecular complexity index is 2470. The number of halogens is 2. The van der Waals surface area contributed by atoms with E-state index in [1.807, 2.05) is 58.9 Å². The number of alkyl carbamates (subject to hydrolysis) is 1. The molecule has 0 aliphatic carbocycles. The molecule has 330 valence electrons. The van der Waals surface area contributed by atoms with Gasteiger partial charge < -0.3 is 44.0 Å². The van der Waals surface area contributed by atoms with Gasteiger partial charge in [0, 0.05) is 48.9 Å². The summed E-state index contributed by atoms with van der Waals surface area (Å²) in [5.41, 5.74) is 6.27. The number of carbonyl (C=O) groups is 3. The van der Waals surface area contributed by atoms with Crippen molar-refractivity contribution in [3.8, 4) is 28.1 Å². The maximum Gasteiger partial charge on any atom is 0.407 e. The summed E-state index contributed by atoms with van der Waals surface area (Å²) in [7, 11) is 2.93. The SMILES string of the molecule is COC[C@H]1C[C@@H](c2ncc(-c3ccc4c(c3)COc3cc5c(ccc6[nH]c([C@@H]7C[C@H](COC(F)F)CN7C(=O)[C@@H](C)C(C)C)nc65)cc3-4)[nH]2)N(C(=O)[C@@H](NC(=O)OC)C(C)C)C1. The second kappa shape index (κ2) is 17.6. The second-order valence-electron chi connectivity index (χ2n) is 17.7. The van der Waals surface area contributed by atoms with Crippen LogP contribution >= 0.6 is 0 Å². The zero-order valence-corrected chi connectivity index (χ0v) is 36.2. The predicted octanol–water partition coefficient (Wildman–Crippen LogP) is 8.00. The van der Waals surface area contributed by atoms with Crippen LogP contribution in [0, 0.1) is 29.6 Å². The third-order valence-electron chi connectivity index (χ3n) is 12.9. The zero-order chi connectivity index (χ0) is 44.0. The number of hydrogen-bond acceptors (Lipinski definition) is 9. The van der Waals surface area contributed by atoms with Crippen LogP contribution in [-0.2, 0) is 30.4 Å². The van der Waals surface area contributed by atoms with Gasteiger partial charge in [-0.3, -0.25) is 9.59 Å². The first-order chi connectivity index (χ1) is 29.7. The molecule has 0 radical (unpaired) electrons. The van der Waals surface area contributed by atoms with Gasteiger partial charge in [0.15, 0.2) is 0 Å². The van der Waals surface area contributed by atoms with Gasteiger partial charge in [0.25, 0.3) is 0 Å². The first-order valence-electron chi connectivity index (χ1n) is 21.4. The standard InChI is InChI=1S/C46H55F2N7O7/c1-23(2)25(5)43(56)54-19-27(21-62-45(47)48)13-37(54)42-50-34-11-9-28-15-33-31-10-8-29(14-30(31)22-61-38(33)16-32(28)40(34)52-42)35-17-49-41(51-35)36-12-26(20-59-6)18-55(36)44(57)39(24(3)4)53-46(58)60-7/h8-11,14-17,23-27,36-37,39,45H,12-13,18-22H2,1-7H3,(H,49,51)(H,50,52)(H,53,58)/t25-,26-,27-,36-,37-,39-/m0/s1. The first-order valence-corrected chi connectivity index (χ1v) is 21.4. The maximum absolute atomic E-state index is 14.0. The van der Waals surface area contributed by atoms with Crippen LogP contribution in [0.25, 0.3) is 44.2 Å². The van der Waals surface area contributed by atoms with E-state index >= 15 is 0 Å². The number of nitrogens with zero attached hydrogens (tertiary/aromatic N) is 4. The summed E-state index contributed by atoms with van der Waals surface area (Å²) < 4.78 is 47.4. The molecule has 16 heteroatoms. The molecular weight excluding hydrogens is 801 g/mol. The van der Waals surface area contributed by atoms with Gasteiger partial charge in [0.05, 0.1) is 55.3 Å². The molecule has 14 nitrogen and oxygen atoms in total. The van der Waals surface area contributed by atoms with Crippen LogP contribution in [0.4, 0.5) is 13.6 Å². The van der Waals surface area contributed by atoms with Crippen LogP contribution in [0.15, 0.2) is 48.7 Å². The molecule has 0 saturated carbocycles. The number of likely N-dealkylation sites (tertiary alicyclic amines) is 2. The minimum Gasteiger partial charge on any atom is -0.488 e. The average molecular weight is 856 g/mol. The molecule has 2 fully saturated rings. The van der Waals surface area contributed by atoms with Crippen LogP contribution in [0.1, 0.15) is 76.8 Å². The number of nitrogens with one attached hydrogen (secondary N) is 3. The van der Waals surface area contributed by atoms with Crippen molar-refractivity contribution in [1.29, 1.82) is 0 Å². The minimum atomic E-state index is -2.87. The molecule has 3 aliphatic rings. The van der Waals surface area contributed by atoms with E-state index in [1.54, 1.807) is 23.1 Å². The van der Waals surface area contributed by atoms with E-state index in [9.17, 15) is 23.2 Å². The Morgan fingerprint density at radius 3 is 2.29 bits per heavy atom. The Labute approximate surface area is 359 Å². The molecule has 5 heterocycles. The summed E-state index contributed by atoms with van der Waals surface area (Å²) in [6, 6.07) is 12.9. The molecule has 0 unspecified atom stereocenters. The Balaban J connectivity index is 1.05. The normalized spacial score (nSPS) is 20.8. The highest BCUT2D eigenvalue weighted by atomic mass is 19.3. The van der Waals surface area contributed by atoms with Crippen LogP contribution in [-0.4, -0.2) is 101 Å². The van der Waals surface area contributed by atoms with E-state index in [0.29, 0.717) is 50.8 Å². The lowest BCUT2D eigenvalue weighted by molar-refractivity contribution is -0.140. The minimum absolute atomic E-state index is 0.0261. The van der Waals surface area contributed by atoms with Crippen LogP contribution in [0.2, 0.25) is 0 Å². The second-order valence-corrected chi connectivity index (χ2v) is 17.7. The van der Waals surface area contributed by atoms with E-state index in [4.69, 9.17) is 24.2 Å². The lowest BCUT2D eigenvalue weighted by Crippen LogP contribution is -2.51. The number of alkyl halides is 2. The van der Waals surface area contributed by atoms with Crippen LogP contribution in [0.3, 0.4) is 0 Å².